The number of hydrogen-bond donors (Lipinski definition) is 0. The molecule has 0 aliphatic carbocycles. The van der Waals surface area contributed by atoms with Gasteiger partial charge in [0.2, 0.25) is 0 Å². The Labute approximate surface area is 287 Å². The van der Waals surface area contributed by atoms with E-state index >= 15 is 0 Å². The molecule has 0 aliphatic rings. The average Bonchev–Trinajstić information content (AvgIpc) is 3.47. The van der Waals surface area contributed by atoms with E-state index < -0.39 is 0 Å². The zero-order valence-electron chi connectivity index (χ0n) is 29.3. The molecule has 0 amide bonds. The van der Waals surface area contributed by atoms with Crippen LogP contribution in [0.4, 0.5) is 0 Å². The van der Waals surface area contributed by atoms with Crippen molar-refractivity contribution in [3.05, 3.63) is 115 Å². The highest BCUT2D eigenvalue weighted by molar-refractivity contribution is 6.69. The average molecular weight is 612 g/mol. The SMILES string of the molecule is Bc1c(B)c(B)c(-c2c3ccccc3c(-c3ccc4oc5c(-c6cccc(C(C)(C)C)c6)cccc5c4c3)c3ccccc23)c(B)c1B. The Hall–Kier alpha value is -4.82. The first-order valence-corrected chi connectivity index (χ1v) is 17.1. The third-order valence-electron chi connectivity index (χ3n) is 11.0. The van der Waals surface area contributed by atoms with Gasteiger partial charge in [0.15, 0.2) is 0 Å². The Balaban J connectivity index is 1.40. The molecule has 7 aromatic carbocycles. The quantitative estimate of drug-likeness (QED) is 0.220. The van der Waals surface area contributed by atoms with Crippen LogP contribution in [0.3, 0.4) is 0 Å². The molecule has 1 nitrogen and oxygen atoms in total. The second-order valence-corrected chi connectivity index (χ2v) is 14.7. The van der Waals surface area contributed by atoms with Crippen LogP contribution in [0.5, 0.6) is 0 Å². The van der Waals surface area contributed by atoms with Crippen LogP contribution in [0.25, 0.3) is 76.9 Å². The van der Waals surface area contributed by atoms with Gasteiger partial charge in [-0.05, 0) is 72.5 Å². The third kappa shape index (κ3) is 4.60. The predicted molar refractivity (Wildman–Crippen MR) is 225 cm³/mol. The molecule has 0 saturated heterocycles. The summed E-state index contributed by atoms with van der Waals surface area (Å²) in [5.41, 5.74) is 17.6. The number of hydrogen-bond acceptors (Lipinski definition) is 1. The fourth-order valence-corrected chi connectivity index (χ4v) is 7.92. The van der Waals surface area contributed by atoms with Gasteiger partial charge in [0.05, 0.1) is 0 Å². The fraction of sp³-hybridized carbons (Fsp3) is 0.0952. The van der Waals surface area contributed by atoms with Gasteiger partial charge >= 0.3 is 0 Å². The minimum absolute atomic E-state index is 0.0717. The fourth-order valence-electron chi connectivity index (χ4n) is 7.92. The summed E-state index contributed by atoms with van der Waals surface area (Å²) in [5.74, 6) is 0. The lowest BCUT2D eigenvalue weighted by Crippen LogP contribution is -2.55. The Morgan fingerprint density at radius 1 is 0.438 bits per heavy atom. The van der Waals surface area contributed by atoms with Crippen molar-refractivity contribution in [3.63, 3.8) is 0 Å². The molecule has 1 heterocycles. The molecule has 1 aromatic heterocycles. The van der Waals surface area contributed by atoms with E-state index in [1.54, 1.807) is 0 Å². The van der Waals surface area contributed by atoms with Crippen LogP contribution in [0.1, 0.15) is 26.3 Å². The zero-order chi connectivity index (χ0) is 33.5. The van der Waals surface area contributed by atoms with Crippen LogP contribution in [0.2, 0.25) is 0 Å². The van der Waals surface area contributed by atoms with Gasteiger partial charge in [0, 0.05) is 16.3 Å². The lowest BCUT2D eigenvalue weighted by Gasteiger charge is -2.24. The molecule has 48 heavy (non-hydrogen) atoms. The highest BCUT2D eigenvalue weighted by Crippen LogP contribution is 2.44. The van der Waals surface area contributed by atoms with Crippen LogP contribution >= 0.6 is 0 Å². The van der Waals surface area contributed by atoms with Crippen LogP contribution in [-0.2, 0) is 5.41 Å². The summed E-state index contributed by atoms with van der Waals surface area (Å²) in [4.78, 5) is 0. The van der Waals surface area contributed by atoms with E-state index in [1.807, 2.05) is 0 Å². The highest BCUT2D eigenvalue weighted by Gasteiger charge is 2.22. The molecule has 8 aromatic rings. The summed E-state index contributed by atoms with van der Waals surface area (Å²) >= 11 is 0. The van der Waals surface area contributed by atoms with Gasteiger partial charge in [-0.3, -0.25) is 0 Å². The molecule has 8 rings (SSSR count). The zero-order valence-corrected chi connectivity index (χ0v) is 29.3. The van der Waals surface area contributed by atoms with E-state index in [0.29, 0.717) is 0 Å². The van der Waals surface area contributed by atoms with Gasteiger partial charge in [0.25, 0.3) is 0 Å². The Morgan fingerprint density at radius 3 is 1.58 bits per heavy atom. The maximum Gasteiger partial charge on any atom is 0.143 e. The van der Waals surface area contributed by atoms with Crippen molar-refractivity contribution < 1.29 is 4.42 Å². The predicted octanol–water partition coefficient (Wildman–Crippen LogP) is 3.48. The minimum Gasteiger partial charge on any atom is -0.455 e. The first kappa shape index (κ1) is 30.5. The number of furan rings is 1. The standard InChI is InChI=1S/C42H37B5O/c1-42(2,3)24-11-8-10-22(20-24)25-16-9-17-30-31-21-23(18-19-32(31)48-41(25)30)33-26-12-4-6-14-28(26)34(29-15-7-5-13-27(29)33)35-36(43)38(45)40(47)39(46)37(35)44/h4-21H,43-47H2,1-3H3. The van der Waals surface area contributed by atoms with Crippen molar-refractivity contribution in [2.45, 2.75) is 26.2 Å². The van der Waals surface area contributed by atoms with E-state index in [4.69, 9.17) is 4.42 Å². The summed E-state index contributed by atoms with van der Waals surface area (Å²) in [7, 11) is 11.4. The van der Waals surface area contributed by atoms with Gasteiger partial charge in [-0.1, -0.05) is 129 Å². The summed E-state index contributed by atoms with van der Waals surface area (Å²) in [6.45, 7) is 6.79. The molecule has 0 unspecified atom stereocenters. The van der Waals surface area contributed by atoms with Gasteiger partial charge < -0.3 is 4.42 Å². The molecule has 0 spiro atoms. The van der Waals surface area contributed by atoms with Crippen molar-refractivity contribution in [2.24, 2.45) is 0 Å². The summed E-state index contributed by atoms with van der Waals surface area (Å²) in [5, 5.41) is 7.41. The van der Waals surface area contributed by atoms with Crippen molar-refractivity contribution in [1.29, 1.82) is 0 Å². The number of benzene rings is 7. The second kappa shape index (κ2) is 11.1. The number of rotatable bonds is 3. The van der Waals surface area contributed by atoms with Crippen LogP contribution in [0, 0.1) is 0 Å². The van der Waals surface area contributed by atoms with Crippen molar-refractivity contribution in [2.75, 3.05) is 0 Å². The molecule has 0 N–H and O–H groups in total. The van der Waals surface area contributed by atoms with Gasteiger partial charge in [0.1, 0.15) is 50.4 Å². The van der Waals surface area contributed by atoms with E-state index in [1.165, 1.54) is 82.2 Å². The Bertz CT molecular complexity index is 2520. The number of fused-ring (bicyclic) bond motifs is 5. The van der Waals surface area contributed by atoms with E-state index in [9.17, 15) is 0 Å². The summed E-state index contributed by atoms with van der Waals surface area (Å²) in [6.07, 6.45) is 0. The first-order chi connectivity index (χ1) is 23.0. The van der Waals surface area contributed by atoms with Crippen molar-refractivity contribution >= 4 is 110 Å². The molecule has 0 bridgehead atoms. The van der Waals surface area contributed by atoms with Gasteiger partial charge in [-0.15, -0.1) is 16.4 Å². The maximum absolute atomic E-state index is 6.66. The molecule has 0 aliphatic heterocycles. The largest absolute Gasteiger partial charge is 0.455 e. The molecular weight excluding hydrogens is 575 g/mol. The summed E-state index contributed by atoms with van der Waals surface area (Å²) in [6, 6.07) is 40.2. The smallest absolute Gasteiger partial charge is 0.143 e. The topological polar surface area (TPSA) is 13.1 Å². The van der Waals surface area contributed by atoms with Crippen LogP contribution in [-0.4, -0.2) is 39.2 Å². The lowest BCUT2D eigenvalue weighted by molar-refractivity contribution is 0.590. The number of para-hydroxylation sites is 1. The van der Waals surface area contributed by atoms with Crippen LogP contribution in [0.15, 0.2) is 114 Å². The third-order valence-corrected chi connectivity index (χ3v) is 11.0. The maximum atomic E-state index is 6.66. The molecule has 0 fully saturated rings. The highest BCUT2D eigenvalue weighted by atomic mass is 16.3. The monoisotopic (exact) mass is 612 g/mol. The van der Waals surface area contributed by atoms with Crippen LogP contribution < -0.4 is 27.3 Å². The molecule has 0 saturated carbocycles. The first-order valence-electron chi connectivity index (χ1n) is 17.1. The molecular formula is C42H37B5O. The van der Waals surface area contributed by atoms with E-state index in [0.717, 1.165) is 27.5 Å². The Kier molecular flexibility index (Phi) is 7.07. The Morgan fingerprint density at radius 2 is 0.979 bits per heavy atom. The van der Waals surface area contributed by atoms with E-state index in [2.05, 4.69) is 169 Å². The van der Waals surface area contributed by atoms with Crippen molar-refractivity contribution in [3.8, 4) is 33.4 Å². The van der Waals surface area contributed by atoms with Gasteiger partial charge in [-0.2, -0.15) is 0 Å². The van der Waals surface area contributed by atoms with Gasteiger partial charge in [-0.25, -0.2) is 0 Å². The molecule has 0 radical (unpaired) electrons. The molecule has 226 valence electrons. The van der Waals surface area contributed by atoms with Crippen molar-refractivity contribution in [1.82, 2.24) is 0 Å². The second-order valence-electron chi connectivity index (χ2n) is 14.7. The lowest BCUT2D eigenvalue weighted by atomic mass is 9.59. The minimum atomic E-state index is 0.0717. The molecule has 6 heteroatoms. The molecule has 0 atom stereocenters. The van der Waals surface area contributed by atoms with E-state index in [-0.39, 0.29) is 5.41 Å². The summed E-state index contributed by atoms with van der Waals surface area (Å²) < 4.78 is 6.66. The normalized spacial score (nSPS) is 12.1.